The quantitative estimate of drug-likeness (QED) is 0.886. The van der Waals surface area contributed by atoms with Crippen LogP contribution in [0.2, 0.25) is 5.02 Å². The Kier molecular flexibility index (Phi) is 4.72. The van der Waals surface area contributed by atoms with Crippen LogP contribution in [0.25, 0.3) is 0 Å². The third-order valence-corrected chi connectivity index (χ3v) is 3.77. The third kappa shape index (κ3) is 3.23. The van der Waals surface area contributed by atoms with Gasteiger partial charge >= 0.3 is 0 Å². The normalized spacial score (nSPS) is 19.6. The maximum Gasteiger partial charge on any atom is 0.154 e. The van der Waals surface area contributed by atoms with Crippen molar-refractivity contribution in [2.75, 3.05) is 19.6 Å². The first kappa shape index (κ1) is 14.2. The first-order valence-corrected chi connectivity index (χ1v) is 6.79. The van der Waals surface area contributed by atoms with Gasteiger partial charge in [0.15, 0.2) is 5.84 Å². The van der Waals surface area contributed by atoms with Gasteiger partial charge in [0, 0.05) is 22.2 Å². The summed E-state index contributed by atoms with van der Waals surface area (Å²) in [5.41, 5.74) is 2.26. The Morgan fingerprint density at radius 3 is 2.74 bits per heavy atom. The molecular weight excluding hydrogens is 258 g/mol. The molecule has 2 aliphatic rings. The van der Waals surface area contributed by atoms with Gasteiger partial charge in [-0.1, -0.05) is 31.2 Å². The monoisotopic (exact) mass is 277 g/mol. The number of amidine groups is 1. The van der Waals surface area contributed by atoms with Crippen LogP contribution in [0.5, 0.6) is 0 Å². The van der Waals surface area contributed by atoms with Crippen molar-refractivity contribution in [3.05, 3.63) is 34.9 Å². The first-order chi connectivity index (χ1) is 8.83. The second-order valence-corrected chi connectivity index (χ2v) is 5.21. The van der Waals surface area contributed by atoms with Gasteiger partial charge in [0.05, 0.1) is 6.54 Å². The molecule has 0 bridgehead atoms. The van der Waals surface area contributed by atoms with E-state index in [2.05, 4.69) is 10.3 Å². The van der Waals surface area contributed by atoms with Crippen LogP contribution in [-0.4, -0.2) is 31.2 Å². The molecule has 2 aliphatic heterocycles. The van der Waals surface area contributed by atoms with Gasteiger partial charge in [-0.25, -0.2) is 4.99 Å². The van der Waals surface area contributed by atoms with Crippen molar-refractivity contribution in [1.82, 2.24) is 5.32 Å². The predicted octanol–water partition coefficient (Wildman–Crippen LogP) is 3.18. The van der Waals surface area contributed by atoms with Crippen LogP contribution in [0.4, 0.5) is 0 Å². The van der Waals surface area contributed by atoms with Gasteiger partial charge in [0.2, 0.25) is 0 Å². The fourth-order valence-corrected chi connectivity index (χ4v) is 2.71. The van der Waals surface area contributed by atoms with E-state index in [-0.39, 0.29) is 7.43 Å². The Morgan fingerprint density at radius 2 is 2.00 bits per heavy atom. The summed E-state index contributed by atoms with van der Waals surface area (Å²) >= 11 is 6.00. The Labute approximate surface area is 119 Å². The third-order valence-electron chi connectivity index (χ3n) is 3.53. The van der Waals surface area contributed by atoms with E-state index in [9.17, 15) is 0 Å². The van der Waals surface area contributed by atoms with Gasteiger partial charge in [-0.15, -0.1) is 0 Å². The highest BCUT2D eigenvalue weighted by Crippen LogP contribution is 2.20. The van der Waals surface area contributed by atoms with E-state index in [4.69, 9.17) is 16.6 Å². The van der Waals surface area contributed by atoms with Gasteiger partial charge < -0.3 is 5.32 Å². The summed E-state index contributed by atoms with van der Waals surface area (Å²) in [6.45, 7) is 2.94. The lowest BCUT2D eigenvalue weighted by atomic mass is 9.93. The molecule has 1 saturated heterocycles. The highest BCUT2D eigenvalue weighted by atomic mass is 35.5. The molecule has 0 aliphatic carbocycles. The molecule has 4 heteroatoms. The summed E-state index contributed by atoms with van der Waals surface area (Å²) in [6.07, 6.45) is 2.36. The minimum atomic E-state index is 0. The summed E-state index contributed by atoms with van der Waals surface area (Å²) in [5.74, 6) is 1.44. The van der Waals surface area contributed by atoms with E-state index in [0.29, 0.717) is 5.92 Å². The van der Waals surface area contributed by atoms with Crippen molar-refractivity contribution in [3.63, 3.8) is 0 Å². The van der Waals surface area contributed by atoms with Gasteiger partial charge in [-0.05, 0) is 38.1 Å². The largest absolute Gasteiger partial charge is 0.317 e. The molecule has 19 heavy (non-hydrogen) atoms. The lowest BCUT2D eigenvalue weighted by Crippen LogP contribution is -2.32. The average Bonchev–Trinajstić information content (AvgIpc) is 2.89. The smallest absolute Gasteiger partial charge is 0.154 e. The molecule has 0 saturated carbocycles. The minimum Gasteiger partial charge on any atom is -0.317 e. The fourth-order valence-electron chi connectivity index (χ4n) is 2.52. The Bertz CT molecular complexity index is 502. The van der Waals surface area contributed by atoms with Gasteiger partial charge in [0.1, 0.15) is 0 Å². The van der Waals surface area contributed by atoms with Crippen LogP contribution in [0.3, 0.4) is 0 Å². The molecule has 1 N–H and O–H groups in total. The van der Waals surface area contributed by atoms with E-state index in [1.807, 2.05) is 24.3 Å². The highest BCUT2D eigenvalue weighted by molar-refractivity contribution is 6.31. The molecule has 1 fully saturated rings. The van der Waals surface area contributed by atoms with Gasteiger partial charge in [0.25, 0.3) is 0 Å². The molecule has 3 rings (SSSR count). The van der Waals surface area contributed by atoms with E-state index >= 15 is 0 Å². The SMILES string of the molecule is C.Clc1cccc(C2=NCC(C3CCNCC3)=N2)c1. The number of piperidine rings is 1. The van der Waals surface area contributed by atoms with Crippen LogP contribution in [0, 0.1) is 5.92 Å². The van der Waals surface area contributed by atoms with Crippen LogP contribution >= 0.6 is 11.6 Å². The topological polar surface area (TPSA) is 36.8 Å². The molecule has 0 atom stereocenters. The van der Waals surface area contributed by atoms with Crippen molar-refractivity contribution in [2.45, 2.75) is 20.3 Å². The fraction of sp³-hybridized carbons (Fsp3) is 0.467. The molecule has 0 radical (unpaired) electrons. The van der Waals surface area contributed by atoms with Crippen LogP contribution in [-0.2, 0) is 0 Å². The Morgan fingerprint density at radius 1 is 1.21 bits per heavy atom. The van der Waals surface area contributed by atoms with E-state index in [1.165, 1.54) is 18.6 Å². The number of rotatable bonds is 2. The van der Waals surface area contributed by atoms with Gasteiger partial charge in [-0.2, -0.15) is 0 Å². The van der Waals surface area contributed by atoms with Crippen molar-refractivity contribution < 1.29 is 0 Å². The Balaban J connectivity index is 0.00000133. The van der Waals surface area contributed by atoms with Crippen molar-refractivity contribution in [3.8, 4) is 0 Å². The van der Waals surface area contributed by atoms with E-state index in [0.717, 1.165) is 36.1 Å². The van der Waals surface area contributed by atoms with Crippen LogP contribution in [0.1, 0.15) is 25.8 Å². The zero-order valence-electron chi connectivity index (χ0n) is 10.2. The molecular formula is C15H20ClN3. The lowest BCUT2D eigenvalue weighted by Gasteiger charge is -2.22. The maximum atomic E-state index is 6.00. The molecule has 2 heterocycles. The predicted molar refractivity (Wildman–Crippen MR) is 82.6 cm³/mol. The van der Waals surface area contributed by atoms with Gasteiger partial charge in [-0.3, -0.25) is 4.99 Å². The lowest BCUT2D eigenvalue weighted by molar-refractivity contribution is 0.455. The molecule has 3 nitrogen and oxygen atoms in total. The zero-order chi connectivity index (χ0) is 12.4. The number of nitrogens with one attached hydrogen (secondary N) is 1. The van der Waals surface area contributed by atoms with E-state index in [1.54, 1.807) is 0 Å². The number of nitrogens with zero attached hydrogens (tertiary/aromatic N) is 2. The number of hydrogen-bond donors (Lipinski definition) is 1. The average molecular weight is 278 g/mol. The minimum absolute atomic E-state index is 0. The second-order valence-electron chi connectivity index (χ2n) is 4.78. The highest BCUT2D eigenvalue weighted by Gasteiger charge is 2.22. The summed E-state index contributed by atoms with van der Waals surface area (Å²) in [6, 6.07) is 7.76. The number of benzene rings is 1. The molecule has 0 spiro atoms. The van der Waals surface area contributed by atoms with Crippen molar-refractivity contribution in [1.29, 1.82) is 0 Å². The van der Waals surface area contributed by atoms with E-state index < -0.39 is 0 Å². The molecule has 102 valence electrons. The van der Waals surface area contributed by atoms with Crippen molar-refractivity contribution >= 4 is 23.1 Å². The second kappa shape index (κ2) is 6.31. The molecule has 1 aromatic rings. The number of halogens is 1. The Hall–Kier alpha value is -1.19. The first-order valence-electron chi connectivity index (χ1n) is 6.41. The molecule has 1 aromatic carbocycles. The zero-order valence-corrected chi connectivity index (χ0v) is 11.0. The summed E-state index contributed by atoms with van der Waals surface area (Å²) in [4.78, 5) is 9.24. The molecule has 0 unspecified atom stereocenters. The number of aliphatic imine (C=N–C) groups is 2. The molecule has 0 amide bonds. The molecule has 0 aromatic heterocycles. The van der Waals surface area contributed by atoms with Crippen LogP contribution < -0.4 is 5.32 Å². The summed E-state index contributed by atoms with van der Waals surface area (Å²) in [5, 5.41) is 4.12. The summed E-state index contributed by atoms with van der Waals surface area (Å²) < 4.78 is 0. The van der Waals surface area contributed by atoms with Crippen LogP contribution in [0.15, 0.2) is 34.3 Å². The maximum absolute atomic E-state index is 6.00. The summed E-state index contributed by atoms with van der Waals surface area (Å²) in [7, 11) is 0. The standard InChI is InChI=1S/C14H16ClN3.CH4/c15-12-3-1-2-11(8-12)14-17-9-13(18-14)10-4-6-16-7-5-10;/h1-3,8,10,16H,4-7,9H2;1H4. The van der Waals surface area contributed by atoms with Crippen molar-refractivity contribution in [2.24, 2.45) is 15.9 Å². The number of hydrogen-bond acceptors (Lipinski definition) is 3.